The Morgan fingerprint density at radius 1 is 1.08 bits per heavy atom. The van der Waals surface area contributed by atoms with Gasteiger partial charge in [0, 0.05) is 66.9 Å². The number of nitrogens with zero attached hydrogens (tertiary/aromatic N) is 3. The predicted molar refractivity (Wildman–Crippen MR) is 143 cm³/mol. The number of benzene rings is 2. The van der Waals surface area contributed by atoms with Gasteiger partial charge in [0.15, 0.2) is 0 Å². The van der Waals surface area contributed by atoms with Crippen molar-refractivity contribution in [1.29, 1.82) is 5.26 Å². The fraction of sp³-hybridized carbons (Fsp3) is 0.517. The minimum atomic E-state index is -0.311. The number of hydrogen-bond donors (Lipinski definition) is 2. The van der Waals surface area contributed by atoms with Crippen molar-refractivity contribution < 1.29 is 19.4 Å². The van der Waals surface area contributed by atoms with E-state index in [-0.39, 0.29) is 35.5 Å². The summed E-state index contributed by atoms with van der Waals surface area (Å²) in [6.45, 7) is 13.0. The number of amides is 1. The number of aliphatic hydroxyl groups is 1. The SMILES string of the molecule is COc1cc(OC2C(C)(C)C(NC(=O)c3ccc(N4CCN(CCO)CC4)cc3)C2(C)C)ccc1C#N. The molecule has 2 aliphatic rings. The summed E-state index contributed by atoms with van der Waals surface area (Å²) < 4.78 is 11.7. The lowest BCUT2D eigenvalue weighted by atomic mass is 9.49. The summed E-state index contributed by atoms with van der Waals surface area (Å²) in [6, 6.07) is 15.1. The van der Waals surface area contributed by atoms with Crippen LogP contribution in [-0.4, -0.2) is 74.5 Å². The van der Waals surface area contributed by atoms with Crippen LogP contribution in [0.25, 0.3) is 0 Å². The van der Waals surface area contributed by atoms with Gasteiger partial charge in [-0.15, -0.1) is 0 Å². The Labute approximate surface area is 219 Å². The summed E-state index contributed by atoms with van der Waals surface area (Å²) >= 11 is 0. The van der Waals surface area contributed by atoms with E-state index in [0.29, 0.717) is 29.2 Å². The summed E-state index contributed by atoms with van der Waals surface area (Å²) in [5, 5.41) is 21.6. The number of nitrogens with one attached hydrogen (secondary N) is 1. The zero-order valence-electron chi connectivity index (χ0n) is 22.5. The maximum atomic E-state index is 13.2. The van der Waals surface area contributed by atoms with Crippen LogP contribution in [0.5, 0.6) is 11.5 Å². The molecule has 1 aliphatic carbocycles. The van der Waals surface area contributed by atoms with Gasteiger partial charge in [0.1, 0.15) is 23.7 Å². The molecule has 1 amide bonds. The van der Waals surface area contributed by atoms with Crippen LogP contribution in [0.1, 0.15) is 43.6 Å². The normalized spacial score (nSPS) is 22.5. The number of nitriles is 1. The molecule has 1 heterocycles. The molecule has 8 nitrogen and oxygen atoms in total. The van der Waals surface area contributed by atoms with E-state index in [1.54, 1.807) is 18.2 Å². The third kappa shape index (κ3) is 5.25. The van der Waals surface area contributed by atoms with Gasteiger partial charge >= 0.3 is 0 Å². The molecule has 2 aromatic carbocycles. The van der Waals surface area contributed by atoms with Crippen molar-refractivity contribution in [2.75, 3.05) is 51.3 Å². The number of ether oxygens (including phenoxy) is 2. The first kappa shape index (κ1) is 26.8. The number of hydrogen-bond acceptors (Lipinski definition) is 7. The molecule has 2 N–H and O–H groups in total. The second-order valence-corrected chi connectivity index (χ2v) is 11.1. The van der Waals surface area contributed by atoms with Gasteiger partial charge in [-0.3, -0.25) is 9.69 Å². The second-order valence-electron chi connectivity index (χ2n) is 11.1. The number of anilines is 1. The Morgan fingerprint density at radius 2 is 1.73 bits per heavy atom. The fourth-order valence-electron chi connectivity index (χ4n) is 6.18. The van der Waals surface area contributed by atoms with Gasteiger partial charge in [-0.1, -0.05) is 27.7 Å². The largest absolute Gasteiger partial charge is 0.495 e. The van der Waals surface area contributed by atoms with Crippen molar-refractivity contribution in [3.05, 3.63) is 53.6 Å². The number of rotatable bonds is 8. The first-order chi connectivity index (χ1) is 17.6. The summed E-state index contributed by atoms with van der Waals surface area (Å²) in [4.78, 5) is 17.8. The van der Waals surface area contributed by atoms with Gasteiger partial charge in [-0.25, -0.2) is 0 Å². The first-order valence-electron chi connectivity index (χ1n) is 12.9. The van der Waals surface area contributed by atoms with E-state index in [9.17, 15) is 10.1 Å². The molecule has 0 radical (unpaired) electrons. The number of β-amino-alcohol motifs (C(OH)–C–C–N with tert-alkyl or cyclic N) is 1. The van der Waals surface area contributed by atoms with Crippen LogP contribution in [0.3, 0.4) is 0 Å². The molecule has 198 valence electrons. The lowest BCUT2D eigenvalue weighted by Gasteiger charge is -2.63. The predicted octanol–water partition coefficient (Wildman–Crippen LogP) is 3.29. The number of carbonyl (C=O) groups excluding carboxylic acids is 1. The molecular weight excluding hydrogens is 468 g/mol. The maximum Gasteiger partial charge on any atom is 0.251 e. The highest BCUT2D eigenvalue weighted by Crippen LogP contribution is 2.55. The summed E-state index contributed by atoms with van der Waals surface area (Å²) in [7, 11) is 1.54. The van der Waals surface area contributed by atoms with E-state index in [0.717, 1.165) is 31.9 Å². The van der Waals surface area contributed by atoms with Crippen LogP contribution in [0.4, 0.5) is 5.69 Å². The average Bonchev–Trinajstić information content (AvgIpc) is 2.90. The molecule has 1 saturated heterocycles. The Morgan fingerprint density at radius 3 is 2.30 bits per heavy atom. The summed E-state index contributed by atoms with van der Waals surface area (Å²) in [5.41, 5.74) is 1.58. The highest BCUT2D eigenvalue weighted by atomic mass is 16.5. The Balaban J connectivity index is 1.39. The van der Waals surface area contributed by atoms with Gasteiger partial charge in [0.2, 0.25) is 0 Å². The molecule has 0 unspecified atom stereocenters. The fourth-order valence-corrected chi connectivity index (χ4v) is 6.18. The average molecular weight is 507 g/mol. The van der Waals surface area contributed by atoms with Crippen molar-refractivity contribution in [1.82, 2.24) is 10.2 Å². The van der Waals surface area contributed by atoms with Crippen molar-refractivity contribution >= 4 is 11.6 Å². The van der Waals surface area contributed by atoms with Gasteiger partial charge in [-0.2, -0.15) is 5.26 Å². The lowest BCUT2D eigenvalue weighted by Crippen LogP contribution is -2.74. The monoisotopic (exact) mass is 506 g/mol. The van der Waals surface area contributed by atoms with Crippen LogP contribution in [0, 0.1) is 22.2 Å². The molecule has 1 saturated carbocycles. The third-order valence-corrected chi connectivity index (χ3v) is 7.95. The maximum absolute atomic E-state index is 13.2. The van der Waals surface area contributed by atoms with Gasteiger partial charge in [0.05, 0.1) is 19.3 Å². The van der Waals surface area contributed by atoms with Gasteiger partial charge < -0.3 is 24.8 Å². The summed E-state index contributed by atoms with van der Waals surface area (Å²) in [5.74, 6) is 1.03. The zero-order chi connectivity index (χ0) is 26.8. The lowest BCUT2D eigenvalue weighted by molar-refractivity contribution is -0.164. The van der Waals surface area contributed by atoms with Crippen LogP contribution in [-0.2, 0) is 0 Å². The molecule has 1 aliphatic heterocycles. The first-order valence-corrected chi connectivity index (χ1v) is 12.9. The van der Waals surface area contributed by atoms with Crippen molar-refractivity contribution in [2.45, 2.75) is 39.8 Å². The van der Waals surface area contributed by atoms with Crippen LogP contribution >= 0.6 is 0 Å². The Hall–Kier alpha value is -3.28. The van der Waals surface area contributed by atoms with Crippen LogP contribution < -0.4 is 19.7 Å². The van der Waals surface area contributed by atoms with E-state index in [2.05, 4.69) is 48.9 Å². The van der Waals surface area contributed by atoms with Crippen LogP contribution in [0.15, 0.2) is 42.5 Å². The van der Waals surface area contributed by atoms with Gasteiger partial charge in [0.25, 0.3) is 5.91 Å². The van der Waals surface area contributed by atoms with E-state index >= 15 is 0 Å². The number of carbonyl (C=O) groups is 1. The van der Waals surface area contributed by atoms with Gasteiger partial charge in [-0.05, 0) is 36.4 Å². The van der Waals surface area contributed by atoms with Crippen LogP contribution in [0.2, 0.25) is 0 Å². The molecule has 0 bridgehead atoms. The molecule has 2 aromatic rings. The quantitative estimate of drug-likeness (QED) is 0.567. The molecule has 4 rings (SSSR count). The molecule has 8 heteroatoms. The smallest absolute Gasteiger partial charge is 0.251 e. The topological polar surface area (TPSA) is 98.1 Å². The van der Waals surface area contributed by atoms with E-state index < -0.39 is 0 Å². The third-order valence-electron chi connectivity index (χ3n) is 7.95. The van der Waals surface area contributed by atoms with E-state index in [4.69, 9.17) is 14.6 Å². The minimum Gasteiger partial charge on any atom is -0.495 e. The number of aliphatic hydroxyl groups excluding tert-OH is 1. The van der Waals surface area contributed by atoms with E-state index in [1.807, 2.05) is 24.3 Å². The number of methoxy groups -OCH3 is 1. The minimum absolute atomic E-state index is 0.0861. The molecular formula is C29H38N4O4. The number of piperazine rings is 1. The Bertz CT molecular complexity index is 1130. The van der Waals surface area contributed by atoms with E-state index in [1.165, 1.54) is 7.11 Å². The second kappa shape index (κ2) is 10.6. The molecule has 37 heavy (non-hydrogen) atoms. The molecule has 0 aromatic heterocycles. The molecule has 0 spiro atoms. The molecule has 2 fully saturated rings. The van der Waals surface area contributed by atoms with Crippen molar-refractivity contribution in [2.24, 2.45) is 10.8 Å². The summed E-state index contributed by atoms with van der Waals surface area (Å²) in [6.07, 6.45) is -0.144. The van der Waals surface area contributed by atoms with Crippen molar-refractivity contribution in [3.63, 3.8) is 0 Å². The zero-order valence-corrected chi connectivity index (χ0v) is 22.5. The highest BCUT2D eigenvalue weighted by Gasteiger charge is 2.64. The molecule has 0 atom stereocenters. The highest BCUT2D eigenvalue weighted by molar-refractivity contribution is 5.95. The standard InChI is InChI=1S/C29H38N4O4/c1-28(2)26(29(3,4)27(28)37-23-11-8-21(19-30)24(18-23)36-5)31-25(35)20-6-9-22(10-7-20)33-14-12-32(13-15-33)16-17-34/h6-11,18,26-27,34H,12-17H2,1-5H3,(H,31,35). The Kier molecular flexibility index (Phi) is 7.67. The van der Waals surface area contributed by atoms with Crippen molar-refractivity contribution in [3.8, 4) is 17.6 Å².